The predicted octanol–water partition coefficient (Wildman–Crippen LogP) is 2.12. The Balaban J connectivity index is 2.25. The number of rotatable bonds is 6. The Morgan fingerprint density at radius 3 is 2.57 bits per heavy atom. The van der Waals surface area contributed by atoms with Gasteiger partial charge < -0.3 is 20.3 Å². The lowest BCUT2D eigenvalue weighted by Gasteiger charge is -2.14. The normalized spacial score (nSPS) is 10.1. The van der Waals surface area contributed by atoms with Crippen molar-refractivity contribution in [3.8, 4) is 6.01 Å². The summed E-state index contributed by atoms with van der Waals surface area (Å²) in [5, 5.41) is 6.05. The van der Waals surface area contributed by atoms with Crippen molar-refractivity contribution in [1.29, 1.82) is 0 Å². The van der Waals surface area contributed by atoms with Crippen molar-refractivity contribution in [1.82, 2.24) is 15.0 Å². The van der Waals surface area contributed by atoms with E-state index in [0.717, 1.165) is 11.4 Å². The van der Waals surface area contributed by atoms with E-state index in [2.05, 4.69) is 25.6 Å². The molecule has 0 aliphatic rings. The van der Waals surface area contributed by atoms with Gasteiger partial charge in [-0.25, -0.2) is 0 Å². The number of hydrogen-bond donors (Lipinski definition) is 2. The Kier molecular flexibility index (Phi) is 4.76. The lowest BCUT2D eigenvalue weighted by molar-refractivity contribution is 0.312. The first kappa shape index (κ1) is 14.8. The highest BCUT2D eigenvalue weighted by atomic mass is 16.5. The fourth-order valence-corrected chi connectivity index (χ4v) is 1.71. The minimum Gasteiger partial charge on any atom is -0.464 e. The molecule has 0 saturated heterocycles. The Morgan fingerprint density at radius 2 is 1.90 bits per heavy atom. The summed E-state index contributed by atoms with van der Waals surface area (Å²) in [6, 6.07) is 8.27. The third-order valence-corrected chi connectivity index (χ3v) is 2.73. The number of anilines is 4. The number of hydrogen-bond acceptors (Lipinski definition) is 7. The number of ether oxygens (including phenoxy) is 1. The van der Waals surface area contributed by atoms with Crippen LogP contribution >= 0.6 is 0 Å². The van der Waals surface area contributed by atoms with Crippen molar-refractivity contribution in [2.45, 2.75) is 6.92 Å². The molecule has 2 N–H and O–H groups in total. The van der Waals surface area contributed by atoms with Crippen molar-refractivity contribution in [2.24, 2.45) is 0 Å². The van der Waals surface area contributed by atoms with E-state index in [0.29, 0.717) is 24.5 Å². The number of nitrogens with one attached hydrogen (secondary N) is 2. The topological polar surface area (TPSA) is 75.2 Å². The van der Waals surface area contributed by atoms with Crippen molar-refractivity contribution in [3.05, 3.63) is 24.3 Å². The van der Waals surface area contributed by atoms with Crippen LogP contribution in [-0.4, -0.2) is 42.7 Å². The van der Waals surface area contributed by atoms with Gasteiger partial charge in [-0.2, -0.15) is 15.0 Å². The van der Waals surface area contributed by atoms with Crippen LogP contribution in [0.2, 0.25) is 0 Å². The zero-order chi connectivity index (χ0) is 15.2. The highest BCUT2D eigenvalue weighted by molar-refractivity contribution is 5.62. The third-order valence-electron chi connectivity index (χ3n) is 2.73. The van der Waals surface area contributed by atoms with Crippen LogP contribution in [0.15, 0.2) is 24.3 Å². The zero-order valence-corrected chi connectivity index (χ0v) is 12.7. The van der Waals surface area contributed by atoms with Crippen molar-refractivity contribution in [3.63, 3.8) is 0 Å². The lowest BCUT2D eigenvalue weighted by atomic mass is 10.2. The summed E-state index contributed by atoms with van der Waals surface area (Å²) in [6.07, 6.45) is 0. The molecule has 2 rings (SSSR count). The van der Waals surface area contributed by atoms with Gasteiger partial charge in [0.2, 0.25) is 11.9 Å². The summed E-state index contributed by atoms with van der Waals surface area (Å²) in [5.74, 6) is 0.897. The molecule has 0 spiro atoms. The van der Waals surface area contributed by atoms with Crippen LogP contribution in [0.1, 0.15) is 6.92 Å². The van der Waals surface area contributed by atoms with Gasteiger partial charge in [0.25, 0.3) is 0 Å². The molecule has 7 nitrogen and oxygen atoms in total. The minimum atomic E-state index is 0.295. The fourth-order valence-electron chi connectivity index (χ4n) is 1.71. The van der Waals surface area contributed by atoms with Crippen LogP contribution in [0, 0.1) is 0 Å². The van der Waals surface area contributed by atoms with Crippen molar-refractivity contribution >= 4 is 23.3 Å². The largest absolute Gasteiger partial charge is 0.464 e. The molecule has 0 radical (unpaired) electrons. The van der Waals surface area contributed by atoms with E-state index in [1.165, 1.54) is 0 Å². The first-order valence-electron chi connectivity index (χ1n) is 6.73. The van der Waals surface area contributed by atoms with Gasteiger partial charge in [0.05, 0.1) is 6.61 Å². The van der Waals surface area contributed by atoms with Gasteiger partial charge in [-0.15, -0.1) is 0 Å². The summed E-state index contributed by atoms with van der Waals surface area (Å²) in [6.45, 7) is 2.39. The summed E-state index contributed by atoms with van der Waals surface area (Å²) >= 11 is 0. The molecule has 1 heterocycles. The predicted molar refractivity (Wildman–Crippen MR) is 84.6 cm³/mol. The second-order valence-corrected chi connectivity index (χ2v) is 4.52. The molecule has 0 amide bonds. The average Bonchev–Trinajstić information content (AvgIpc) is 2.47. The standard InChI is InChI=1S/C14H20N6O/c1-5-21-14-18-12(15-2)17-13(19-14)16-10-7-6-8-11(9-10)20(3)4/h6-9H,5H2,1-4H3,(H2,15,16,17,18,19). The Bertz CT molecular complexity index is 602. The average molecular weight is 288 g/mol. The van der Waals surface area contributed by atoms with E-state index in [9.17, 15) is 0 Å². The van der Waals surface area contributed by atoms with Crippen LogP contribution in [0.4, 0.5) is 23.3 Å². The van der Waals surface area contributed by atoms with Gasteiger partial charge in [0.15, 0.2) is 0 Å². The lowest BCUT2D eigenvalue weighted by Crippen LogP contribution is -2.09. The molecule has 112 valence electrons. The minimum absolute atomic E-state index is 0.295. The van der Waals surface area contributed by atoms with Crippen LogP contribution in [0.25, 0.3) is 0 Å². The van der Waals surface area contributed by atoms with Crippen LogP contribution in [-0.2, 0) is 0 Å². The van der Waals surface area contributed by atoms with Crippen LogP contribution < -0.4 is 20.3 Å². The monoisotopic (exact) mass is 288 g/mol. The first-order valence-corrected chi connectivity index (χ1v) is 6.73. The summed E-state index contributed by atoms with van der Waals surface area (Å²) in [5.41, 5.74) is 1.99. The second-order valence-electron chi connectivity index (χ2n) is 4.52. The van der Waals surface area contributed by atoms with Gasteiger partial charge in [0, 0.05) is 32.5 Å². The van der Waals surface area contributed by atoms with Crippen molar-refractivity contribution in [2.75, 3.05) is 43.3 Å². The molecule has 1 aromatic carbocycles. The van der Waals surface area contributed by atoms with E-state index < -0.39 is 0 Å². The highest BCUT2D eigenvalue weighted by Crippen LogP contribution is 2.21. The van der Waals surface area contributed by atoms with E-state index in [1.54, 1.807) is 7.05 Å². The maximum Gasteiger partial charge on any atom is 0.323 e. The highest BCUT2D eigenvalue weighted by Gasteiger charge is 2.07. The van der Waals surface area contributed by atoms with Gasteiger partial charge >= 0.3 is 6.01 Å². The molecule has 0 fully saturated rings. The quantitative estimate of drug-likeness (QED) is 0.843. The maximum absolute atomic E-state index is 5.34. The van der Waals surface area contributed by atoms with Gasteiger partial charge in [-0.05, 0) is 25.1 Å². The third kappa shape index (κ3) is 3.95. The molecule has 21 heavy (non-hydrogen) atoms. The smallest absolute Gasteiger partial charge is 0.323 e. The van der Waals surface area contributed by atoms with E-state index >= 15 is 0 Å². The SMILES string of the molecule is CCOc1nc(NC)nc(Nc2cccc(N(C)C)c2)n1. The van der Waals surface area contributed by atoms with E-state index in [-0.39, 0.29) is 0 Å². The van der Waals surface area contributed by atoms with E-state index in [4.69, 9.17) is 4.74 Å². The molecular weight excluding hydrogens is 268 g/mol. The Labute approximate surface area is 124 Å². The molecule has 0 atom stereocenters. The zero-order valence-electron chi connectivity index (χ0n) is 12.7. The number of benzene rings is 1. The molecule has 1 aromatic heterocycles. The van der Waals surface area contributed by atoms with Gasteiger partial charge in [0.1, 0.15) is 0 Å². The first-order chi connectivity index (χ1) is 10.1. The molecular formula is C14H20N6O. The molecule has 7 heteroatoms. The van der Waals surface area contributed by atoms with Gasteiger partial charge in [-0.3, -0.25) is 0 Å². The van der Waals surface area contributed by atoms with E-state index in [1.807, 2.05) is 50.2 Å². The molecule has 0 aliphatic heterocycles. The Morgan fingerprint density at radius 1 is 1.14 bits per heavy atom. The van der Waals surface area contributed by atoms with Crippen LogP contribution in [0.3, 0.4) is 0 Å². The van der Waals surface area contributed by atoms with Gasteiger partial charge in [-0.1, -0.05) is 6.07 Å². The number of aromatic nitrogens is 3. The molecule has 0 unspecified atom stereocenters. The number of nitrogens with zero attached hydrogens (tertiary/aromatic N) is 4. The fraction of sp³-hybridized carbons (Fsp3) is 0.357. The maximum atomic E-state index is 5.34. The molecule has 0 saturated carbocycles. The van der Waals surface area contributed by atoms with Crippen molar-refractivity contribution < 1.29 is 4.74 Å². The molecule has 0 aliphatic carbocycles. The summed E-state index contributed by atoms with van der Waals surface area (Å²) < 4.78 is 5.34. The summed E-state index contributed by atoms with van der Waals surface area (Å²) in [4.78, 5) is 14.7. The molecule has 2 aromatic rings. The van der Waals surface area contributed by atoms with Crippen LogP contribution in [0.5, 0.6) is 6.01 Å². The Hall–Kier alpha value is -2.57. The second kappa shape index (κ2) is 6.74. The molecule has 0 bridgehead atoms. The summed E-state index contributed by atoms with van der Waals surface area (Å²) in [7, 11) is 5.74.